The molecule has 5 heteroatoms. The van der Waals surface area contributed by atoms with Gasteiger partial charge in [-0.3, -0.25) is 9.59 Å². The summed E-state index contributed by atoms with van der Waals surface area (Å²) in [6.45, 7) is 11.8. The predicted octanol–water partition coefficient (Wildman–Crippen LogP) is 2.42. The summed E-state index contributed by atoms with van der Waals surface area (Å²) in [6, 6.07) is 6.57. The van der Waals surface area contributed by atoms with E-state index < -0.39 is 0 Å². The first-order chi connectivity index (χ1) is 10.9. The van der Waals surface area contributed by atoms with E-state index in [0.717, 1.165) is 0 Å². The van der Waals surface area contributed by atoms with Crippen LogP contribution in [0.2, 0.25) is 0 Å². The molecule has 0 saturated carbocycles. The van der Waals surface area contributed by atoms with Crippen molar-refractivity contribution in [2.75, 3.05) is 18.4 Å². The predicted molar refractivity (Wildman–Crippen MR) is 94.2 cm³/mol. The van der Waals surface area contributed by atoms with Crippen molar-refractivity contribution in [1.29, 1.82) is 0 Å². The number of anilines is 1. The summed E-state index contributed by atoms with van der Waals surface area (Å²) in [4.78, 5) is 26.0. The van der Waals surface area contributed by atoms with Crippen molar-refractivity contribution in [2.24, 2.45) is 11.7 Å². The average molecular weight is 315 g/mol. The highest BCUT2D eigenvalue weighted by Crippen LogP contribution is 2.13. The number of hydrogen-bond acceptors (Lipinski definition) is 3. The molecule has 1 rings (SSSR count). The Hall–Kier alpha value is -2.40. The van der Waals surface area contributed by atoms with Gasteiger partial charge in [0.05, 0.1) is 5.92 Å². The summed E-state index contributed by atoms with van der Waals surface area (Å²) in [5.74, 6) is -0.530. The van der Waals surface area contributed by atoms with E-state index in [9.17, 15) is 9.59 Å². The zero-order valence-corrected chi connectivity index (χ0v) is 13.8. The van der Waals surface area contributed by atoms with Gasteiger partial charge in [-0.15, -0.1) is 13.2 Å². The third-order valence-electron chi connectivity index (χ3n) is 3.59. The Kier molecular flexibility index (Phi) is 7.22. The number of hydrogen-bond donors (Lipinski definition) is 2. The van der Waals surface area contributed by atoms with E-state index in [-0.39, 0.29) is 23.8 Å². The van der Waals surface area contributed by atoms with Crippen molar-refractivity contribution in [2.45, 2.75) is 19.9 Å². The van der Waals surface area contributed by atoms with Crippen LogP contribution >= 0.6 is 0 Å². The molecule has 0 aliphatic rings. The minimum Gasteiger partial charge on any atom is -0.331 e. The maximum Gasteiger partial charge on any atom is 0.254 e. The van der Waals surface area contributed by atoms with Gasteiger partial charge in [0.25, 0.3) is 5.91 Å². The summed E-state index contributed by atoms with van der Waals surface area (Å²) in [7, 11) is 0. The molecule has 0 aromatic heterocycles. The molecule has 0 heterocycles. The largest absolute Gasteiger partial charge is 0.331 e. The lowest BCUT2D eigenvalue weighted by molar-refractivity contribution is -0.119. The number of benzene rings is 1. The zero-order valence-electron chi connectivity index (χ0n) is 13.8. The summed E-state index contributed by atoms with van der Waals surface area (Å²) in [5, 5.41) is 2.79. The van der Waals surface area contributed by atoms with Crippen molar-refractivity contribution in [3.63, 3.8) is 0 Å². The Morgan fingerprint density at radius 3 is 2.13 bits per heavy atom. The maximum atomic E-state index is 12.4. The van der Waals surface area contributed by atoms with Crippen LogP contribution < -0.4 is 11.1 Å². The second-order valence-electron chi connectivity index (χ2n) is 5.50. The molecule has 2 unspecified atom stereocenters. The molecule has 2 amide bonds. The lowest BCUT2D eigenvalue weighted by atomic mass is 10.0. The van der Waals surface area contributed by atoms with Crippen LogP contribution in [0.3, 0.4) is 0 Å². The standard InChI is InChI=1S/C18H25N3O2/c1-5-11-21(12-6-2)18(23)15-7-9-16(10-8-15)20-17(22)13(3)14(4)19/h5-10,13-14H,1-2,11-12,19H2,3-4H3,(H,20,22). The molecule has 0 fully saturated rings. The van der Waals surface area contributed by atoms with Gasteiger partial charge in [0.1, 0.15) is 0 Å². The molecule has 3 N–H and O–H groups in total. The van der Waals surface area contributed by atoms with Gasteiger partial charge in [-0.2, -0.15) is 0 Å². The van der Waals surface area contributed by atoms with Gasteiger partial charge in [-0.05, 0) is 31.2 Å². The second kappa shape index (κ2) is 8.90. The number of nitrogens with one attached hydrogen (secondary N) is 1. The van der Waals surface area contributed by atoms with Gasteiger partial charge in [0.2, 0.25) is 5.91 Å². The van der Waals surface area contributed by atoms with Gasteiger partial charge in [0.15, 0.2) is 0 Å². The van der Waals surface area contributed by atoms with Gasteiger partial charge in [-0.25, -0.2) is 0 Å². The second-order valence-corrected chi connectivity index (χ2v) is 5.50. The topological polar surface area (TPSA) is 75.4 Å². The van der Waals surface area contributed by atoms with Crippen molar-refractivity contribution in [3.05, 3.63) is 55.1 Å². The normalized spacial score (nSPS) is 12.8. The van der Waals surface area contributed by atoms with E-state index in [1.165, 1.54) is 0 Å². The van der Waals surface area contributed by atoms with Crippen molar-refractivity contribution in [3.8, 4) is 0 Å². The maximum absolute atomic E-state index is 12.4. The van der Waals surface area contributed by atoms with E-state index in [0.29, 0.717) is 24.3 Å². The Labute approximate surface area is 137 Å². The van der Waals surface area contributed by atoms with Crippen LogP contribution in [0.25, 0.3) is 0 Å². The highest BCUT2D eigenvalue weighted by Gasteiger charge is 2.17. The molecular formula is C18H25N3O2. The molecule has 1 aromatic carbocycles. The summed E-state index contributed by atoms with van der Waals surface area (Å²) < 4.78 is 0. The smallest absolute Gasteiger partial charge is 0.254 e. The van der Waals surface area contributed by atoms with Crippen LogP contribution in [0.15, 0.2) is 49.6 Å². The van der Waals surface area contributed by atoms with Crippen LogP contribution in [0.4, 0.5) is 5.69 Å². The van der Waals surface area contributed by atoms with E-state index in [2.05, 4.69) is 18.5 Å². The molecule has 0 spiro atoms. The minimum absolute atomic E-state index is 0.105. The van der Waals surface area contributed by atoms with E-state index in [4.69, 9.17) is 5.73 Å². The number of nitrogens with zero attached hydrogens (tertiary/aromatic N) is 1. The van der Waals surface area contributed by atoms with Crippen molar-refractivity contribution < 1.29 is 9.59 Å². The first-order valence-corrected chi connectivity index (χ1v) is 7.58. The summed E-state index contributed by atoms with van der Waals surface area (Å²) in [6.07, 6.45) is 3.34. The molecule has 23 heavy (non-hydrogen) atoms. The molecule has 0 bridgehead atoms. The Morgan fingerprint density at radius 1 is 1.17 bits per heavy atom. The van der Waals surface area contributed by atoms with E-state index in [1.807, 2.05) is 0 Å². The van der Waals surface area contributed by atoms with Crippen molar-refractivity contribution in [1.82, 2.24) is 4.90 Å². The minimum atomic E-state index is -0.285. The molecule has 1 aromatic rings. The van der Waals surface area contributed by atoms with Gasteiger partial charge in [0, 0.05) is 30.4 Å². The Morgan fingerprint density at radius 2 is 1.70 bits per heavy atom. The third kappa shape index (κ3) is 5.38. The first kappa shape index (κ1) is 18.6. The lowest BCUT2D eigenvalue weighted by Gasteiger charge is -2.19. The Balaban J connectivity index is 2.79. The number of nitrogens with two attached hydrogens (primary N) is 1. The van der Waals surface area contributed by atoms with Crippen LogP contribution in [0.5, 0.6) is 0 Å². The number of carbonyl (C=O) groups excluding carboxylic acids is 2. The fraction of sp³-hybridized carbons (Fsp3) is 0.333. The molecule has 2 atom stereocenters. The highest BCUT2D eigenvalue weighted by atomic mass is 16.2. The molecule has 0 aliphatic carbocycles. The fourth-order valence-corrected chi connectivity index (χ4v) is 1.93. The quantitative estimate of drug-likeness (QED) is 0.723. The molecule has 0 saturated heterocycles. The SMILES string of the molecule is C=CCN(CC=C)C(=O)c1ccc(NC(=O)C(C)C(C)N)cc1. The zero-order chi connectivity index (χ0) is 17.4. The summed E-state index contributed by atoms with van der Waals surface area (Å²) in [5.41, 5.74) is 6.90. The van der Waals surface area contributed by atoms with E-state index >= 15 is 0 Å². The van der Waals surface area contributed by atoms with Crippen LogP contribution in [0, 0.1) is 5.92 Å². The monoisotopic (exact) mass is 315 g/mol. The number of rotatable bonds is 8. The van der Waals surface area contributed by atoms with Gasteiger partial charge in [-0.1, -0.05) is 19.1 Å². The van der Waals surface area contributed by atoms with Gasteiger partial charge < -0.3 is 16.0 Å². The first-order valence-electron chi connectivity index (χ1n) is 7.58. The molecule has 5 nitrogen and oxygen atoms in total. The van der Waals surface area contributed by atoms with E-state index in [1.54, 1.807) is 55.2 Å². The third-order valence-corrected chi connectivity index (χ3v) is 3.59. The number of amides is 2. The molecular weight excluding hydrogens is 290 g/mol. The van der Waals surface area contributed by atoms with Crippen LogP contribution in [0.1, 0.15) is 24.2 Å². The molecule has 0 aliphatic heterocycles. The molecule has 124 valence electrons. The summed E-state index contributed by atoms with van der Waals surface area (Å²) >= 11 is 0. The number of carbonyl (C=O) groups is 2. The van der Waals surface area contributed by atoms with Gasteiger partial charge >= 0.3 is 0 Å². The average Bonchev–Trinajstić information content (AvgIpc) is 2.53. The van der Waals surface area contributed by atoms with Crippen LogP contribution in [-0.4, -0.2) is 35.8 Å². The Bertz CT molecular complexity index is 554. The van der Waals surface area contributed by atoms with Crippen LogP contribution in [-0.2, 0) is 4.79 Å². The highest BCUT2D eigenvalue weighted by molar-refractivity contribution is 5.96. The lowest BCUT2D eigenvalue weighted by Crippen LogP contribution is -2.34. The van der Waals surface area contributed by atoms with Crippen molar-refractivity contribution >= 4 is 17.5 Å². The fourth-order valence-electron chi connectivity index (χ4n) is 1.93. The molecule has 0 radical (unpaired) electrons.